The minimum absolute atomic E-state index is 0.204. The van der Waals surface area contributed by atoms with Crippen molar-refractivity contribution in [1.29, 1.82) is 0 Å². The van der Waals surface area contributed by atoms with Crippen LogP contribution in [0, 0.1) is 17.7 Å². The molecule has 0 radical (unpaired) electrons. The van der Waals surface area contributed by atoms with Crippen LogP contribution in [0.5, 0.6) is 0 Å². The molecule has 0 bridgehead atoms. The Morgan fingerprint density at radius 1 is 1.00 bits per heavy atom. The Labute approximate surface area is 154 Å². The highest BCUT2D eigenvalue weighted by atomic mass is 19.2. The summed E-state index contributed by atoms with van der Waals surface area (Å²) >= 11 is 0. The molecular weight excluding hydrogens is 333 g/mol. The molecule has 0 spiro atoms. The Morgan fingerprint density at radius 2 is 1.73 bits per heavy atom. The fourth-order valence-electron chi connectivity index (χ4n) is 4.08. The van der Waals surface area contributed by atoms with Crippen LogP contribution in [-0.2, 0) is 6.42 Å². The Kier molecular flexibility index (Phi) is 6.05. The SMILES string of the molecule is CCCc1ccc2cc(C(F)=C(F)C3CCC(CC)CC3)ccc2c1F. The molecule has 0 aliphatic heterocycles. The highest BCUT2D eigenvalue weighted by Gasteiger charge is 2.26. The summed E-state index contributed by atoms with van der Waals surface area (Å²) in [4.78, 5) is 0. The summed E-state index contributed by atoms with van der Waals surface area (Å²) < 4.78 is 43.9. The number of allylic oxidation sites excluding steroid dienone is 1. The lowest BCUT2D eigenvalue weighted by molar-refractivity contribution is 0.268. The summed E-state index contributed by atoms with van der Waals surface area (Å²) in [6, 6.07) is 8.16. The van der Waals surface area contributed by atoms with E-state index in [0.717, 1.165) is 25.7 Å². The number of hydrogen-bond donors (Lipinski definition) is 0. The summed E-state index contributed by atoms with van der Waals surface area (Å²) in [5.74, 6) is -1.36. The van der Waals surface area contributed by atoms with Crippen molar-refractivity contribution in [3.05, 3.63) is 53.1 Å². The zero-order chi connectivity index (χ0) is 18.7. The highest BCUT2D eigenvalue weighted by Crippen LogP contribution is 2.39. The van der Waals surface area contributed by atoms with E-state index in [1.54, 1.807) is 24.3 Å². The third-order valence-corrected chi connectivity index (χ3v) is 5.80. The summed E-state index contributed by atoms with van der Waals surface area (Å²) in [5.41, 5.74) is 0.873. The molecule has 1 fully saturated rings. The Hall–Kier alpha value is -1.77. The van der Waals surface area contributed by atoms with Crippen molar-refractivity contribution >= 4 is 16.6 Å². The number of rotatable bonds is 5. The maximum Gasteiger partial charge on any atom is 0.162 e. The highest BCUT2D eigenvalue weighted by molar-refractivity contribution is 5.87. The molecule has 26 heavy (non-hydrogen) atoms. The normalized spacial score (nSPS) is 21.7. The molecule has 0 saturated heterocycles. The average molecular weight is 360 g/mol. The van der Waals surface area contributed by atoms with E-state index in [0.29, 0.717) is 41.5 Å². The van der Waals surface area contributed by atoms with Crippen LogP contribution in [0.25, 0.3) is 16.6 Å². The lowest BCUT2D eigenvalue weighted by Crippen LogP contribution is -2.14. The Morgan fingerprint density at radius 3 is 2.38 bits per heavy atom. The predicted octanol–water partition coefficient (Wildman–Crippen LogP) is 7.76. The molecule has 140 valence electrons. The summed E-state index contributed by atoms with van der Waals surface area (Å²) in [6.07, 6.45) is 5.99. The molecule has 1 saturated carbocycles. The van der Waals surface area contributed by atoms with Gasteiger partial charge in [-0.2, -0.15) is 0 Å². The average Bonchev–Trinajstić information content (AvgIpc) is 2.69. The van der Waals surface area contributed by atoms with E-state index < -0.39 is 11.7 Å². The zero-order valence-electron chi connectivity index (χ0n) is 15.6. The lowest BCUT2D eigenvalue weighted by Gasteiger charge is -2.26. The van der Waals surface area contributed by atoms with Crippen LogP contribution in [0.3, 0.4) is 0 Å². The number of halogens is 3. The van der Waals surface area contributed by atoms with Crippen LogP contribution in [0.15, 0.2) is 36.2 Å². The Bertz CT molecular complexity index is 798. The van der Waals surface area contributed by atoms with Crippen molar-refractivity contribution in [3.63, 3.8) is 0 Å². The standard InChI is InChI=1S/C23H27F3/c1-3-5-16-10-11-18-14-19(12-13-20(18)21(16)24)23(26)22(25)17-8-6-15(4-2)7-9-17/h10-15,17H,3-9H2,1-2H3. The van der Waals surface area contributed by atoms with Gasteiger partial charge in [0.2, 0.25) is 0 Å². The first-order chi connectivity index (χ1) is 12.5. The van der Waals surface area contributed by atoms with E-state index in [1.807, 2.05) is 6.92 Å². The molecule has 3 heteroatoms. The van der Waals surface area contributed by atoms with Crippen LogP contribution in [0.4, 0.5) is 13.2 Å². The number of aryl methyl sites for hydroxylation is 1. The Balaban J connectivity index is 1.88. The molecule has 1 aliphatic rings. The van der Waals surface area contributed by atoms with Gasteiger partial charge < -0.3 is 0 Å². The second-order valence-electron chi connectivity index (χ2n) is 7.51. The minimum atomic E-state index is -0.787. The zero-order valence-corrected chi connectivity index (χ0v) is 15.6. The first-order valence-corrected chi connectivity index (χ1v) is 9.81. The van der Waals surface area contributed by atoms with Gasteiger partial charge in [0.1, 0.15) is 11.6 Å². The van der Waals surface area contributed by atoms with Gasteiger partial charge in [-0.25, -0.2) is 13.2 Å². The molecule has 0 unspecified atom stereocenters. The topological polar surface area (TPSA) is 0 Å². The largest absolute Gasteiger partial charge is 0.208 e. The third-order valence-electron chi connectivity index (χ3n) is 5.80. The van der Waals surface area contributed by atoms with E-state index in [9.17, 15) is 13.2 Å². The van der Waals surface area contributed by atoms with E-state index in [2.05, 4.69) is 6.92 Å². The second-order valence-corrected chi connectivity index (χ2v) is 7.51. The van der Waals surface area contributed by atoms with Crippen LogP contribution in [0.2, 0.25) is 0 Å². The minimum Gasteiger partial charge on any atom is -0.208 e. The number of fused-ring (bicyclic) bond motifs is 1. The fourth-order valence-corrected chi connectivity index (χ4v) is 4.08. The van der Waals surface area contributed by atoms with Gasteiger partial charge in [0.15, 0.2) is 5.83 Å². The smallest absolute Gasteiger partial charge is 0.162 e. The van der Waals surface area contributed by atoms with E-state index in [1.165, 1.54) is 6.07 Å². The molecule has 2 aromatic rings. The molecular formula is C23H27F3. The fraction of sp³-hybridized carbons (Fsp3) is 0.478. The molecule has 3 rings (SSSR count). The van der Waals surface area contributed by atoms with Crippen LogP contribution in [0.1, 0.15) is 63.5 Å². The summed E-state index contributed by atoms with van der Waals surface area (Å²) in [5, 5.41) is 1.08. The predicted molar refractivity (Wildman–Crippen MR) is 103 cm³/mol. The van der Waals surface area contributed by atoms with Gasteiger partial charge in [-0.05, 0) is 55.0 Å². The van der Waals surface area contributed by atoms with Crippen molar-refractivity contribution < 1.29 is 13.2 Å². The molecule has 1 aliphatic carbocycles. The van der Waals surface area contributed by atoms with Crippen molar-refractivity contribution in [2.75, 3.05) is 0 Å². The van der Waals surface area contributed by atoms with Gasteiger partial charge in [-0.15, -0.1) is 0 Å². The first-order valence-electron chi connectivity index (χ1n) is 9.81. The van der Waals surface area contributed by atoms with Gasteiger partial charge in [-0.3, -0.25) is 0 Å². The molecule has 0 amide bonds. The number of hydrogen-bond acceptors (Lipinski definition) is 0. The molecule has 0 N–H and O–H groups in total. The van der Waals surface area contributed by atoms with Gasteiger partial charge in [-0.1, -0.05) is 51.0 Å². The first kappa shape index (κ1) is 19.0. The monoisotopic (exact) mass is 360 g/mol. The van der Waals surface area contributed by atoms with E-state index in [-0.39, 0.29) is 17.3 Å². The maximum absolute atomic E-state index is 14.7. The summed E-state index contributed by atoms with van der Waals surface area (Å²) in [6.45, 7) is 4.15. The van der Waals surface area contributed by atoms with Crippen molar-refractivity contribution in [2.45, 2.75) is 58.8 Å². The van der Waals surface area contributed by atoms with Crippen molar-refractivity contribution in [3.8, 4) is 0 Å². The van der Waals surface area contributed by atoms with Gasteiger partial charge >= 0.3 is 0 Å². The van der Waals surface area contributed by atoms with E-state index in [4.69, 9.17) is 0 Å². The maximum atomic E-state index is 14.7. The van der Waals surface area contributed by atoms with Gasteiger partial charge in [0.05, 0.1) is 0 Å². The van der Waals surface area contributed by atoms with Gasteiger partial charge in [0, 0.05) is 16.9 Å². The van der Waals surface area contributed by atoms with Crippen LogP contribution >= 0.6 is 0 Å². The second kappa shape index (κ2) is 8.28. The molecule has 0 atom stereocenters. The van der Waals surface area contributed by atoms with Crippen LogP contribution in [-0.4, -0.2) is 0 Å². The third kappa shape index (κ3) is 3.82. The van der Waals surface area contributed by atoms with Crippen molar-refractivity contribution in [2.24, 2.45) is 11.8 Å². The molecule has 0 nitrogen and oxygen atoms in total. The quantitative estimate of drug-likeness (QED) is 0.511. The molecule has 0 aromatic heterocycles. The lowest BCUT2D eigenvalue weighted by atomic mass is 9.80. The number of benzene rings is 2. The van der Waals surface area contributed by atoms with Crippen molar-refractivity contribution in [1.82, 2.24) is 0 Å². The molecule has 0 heterocycles. The van der Waals surface area contributed by atoms with E-state index >= 15 is 0 Å². The van der Waals surface area contributed by atoms with Crippen LogP contribution < -0.4 is 0 Å². The summed E-state index contributed by atoms with van der Waals surface area (Å²) in [7, 11) is 0. The molecule has 2 aromatic carbocycles. The van der Waals surface area contributed by atoms with Gasteiger partial charge in [0.25, 0.3) is 0 Å².